The second kappa shape index (κ2) is 11.1. The van der Waals surface area contributed by atoms with Crippen molar-refractivity contribution in [3.63, 3.8) is 0 Å². The molecule has 1 saturated heterocycles. The topological polar surface area (TPSA) is 139 Å². The summed E-state index contributed by atoms with van der Waals surface area (Å²) in [7, 11) is 0. The normalized spacial score (nSPS) is 14.3. The minimum absolute atomic E-state index is 0.0331. The second-order valence-electron chi connectivity index (χ2n) is 8.16. The van der Waals surface area contributed by atoms with Crippen LogP contribution in [-0.2, 0) is 16.0 Å². The summed E-state index contributed by atoms with van der Waals surface area (Å²) in [6.07, 6.45) is 0.314. The van der Waals surface area contributed by atoms with Crippen LogP contribution in [0.5, 0.6) is 0 Å². The molecule has 9 nitrogen and oxygen atoms in total. The highest BCUT2D eigenvalue weighted by Crippen LogP contribution is 2.21. The van der Waals surface area contributed by atoms with E-state index < -0.39 is 6.04 Å². The van der Waals surface area contributed by atoms with Gasteiger partial charge in [0.25, 0.3) is 5.91 Å². The number of benzene rings is 2. The zero-order valence-corrected chi connectivity index (χ0v) is 19.8. The minimum atomic E-state index is -0.753. The number of carbonyl (C=O) groups excluding carboxylic acids is 2. The fourth-order valence-corrected chi connectivity index (χ4v) is 3.98. The Morgan fingerprint density at radius 2 is 1.71 bits per heavy atom. The number of morpholine rings is 1. The molecule has 6 N–H and O–H groups in total. The van der Waals surface area contributed by atoms with Crippen molar-refractivity contribution < 1.29 is 14.3 Å². The smallest absolute Gasteiger partial charge is 0.268 e. The van der Waals surface area contributed by atoms with Gasteiger partial charge in [-0.2, -0.15) is 0 Å². The van der Waals surface area contributed by atoms with Crippen LogP contribution in [0.4, 0.5) is 5.69 Å². The molecule has 2 aromatic carbocycles. The van der Waals surface area contributed by atoms with Crippen LogP contribution in [0.15, 0.2) is 65.7 Å². The molecule has 10 heteroatoms. The summed E-state index contributed by atoms with van der Waals surface area (Å²) in [5, 5.41) is 3.54. The number of aliphatic imine (C=N–C) groups is 1. The fraction of sp³-hybridized carbons (Fsp3) is 0.240. The van der Waals surface area contributed by atoms with Crippen molar-refractivity contribution in [2.75, 3.05) is 26.3 Å². The monoisotopic (exact) mass is 494 g/mol. The van der Waals surface area contributed by atoms with Gasteiger partial charge in [-0.3, -0.25) is 9.59 Å². The molecule has 1 atom stereocenters. The molecular formula is C25H27ClN6O3. The Morgan fingerprint density at radius 3 is 2.37 bits per heavy atom. The first-order valence-corrected chi connectivity index (χ1v) is 11.6. The van der Waals surface area contributed by atoms with E-state index in [0.29, 0.717) is 49.1 Å². The molecule has 1 unspecified atom stereocenters. The Kier molecular flexibility index (Phi) is 7.69. The van der Waals surface area contributed by atoms with Gasteiger partial charge in [0.1, 0.15) is 11.7 Å². The molecule has 35 heavy (non-hydrogen) atoms. The highest BCUT2D eigenvalue weighted by molar-refractivity contribution is 6.30. The van der Waals surface area contributed by atoms with E-state index in [1.165, 1.54) is 0 Å². The molecule has 0 saturated carbocycles. The summed E-state index contributed by atoms with van der Waals surface area (Å²) >= 11 is 5.97. The number of hydrogen-bond donors (Lipinski definition) is 4. The van der Waals surface area contributed by atoms with Crippen molar-refractivity contribution in [2.24, 2.45) is 16.5 Å². The Morgan fingerprint density at radius 1 is 1.03 bits per heavy atom. The summed E-state index contributed by atoms with van der Waals surface area (Å²) in [6.45, 7) is 1.91. The second-order valence-corrected chi connectivity index (χ2v) is 8.60. The number of nitrogens with zero attached hydrogens (tertiary/aromatic N) is 2. The van der Waals surface area contributed by atoms with Gasteiger partial charge in [0.2, 0.25) is 5.91 Å². The first-order valence-electron chi connectivity index (χ1n) is 11.2. The van der Waals surface area contributed by atoms with Gasteiger partial charge in [0.05, 0.1) is 18.9 Å². The van der Waals surface area contributed by atoms with Crippen LogP contribution in [0.25, 0.3) is 11.3 Å². The lowest BCUT2D eigenvalue weighted by Crippen LogP contribution is -2.52. The summed E-state index contributed by atoms with van der Waals surface area (Å²) in [6, 6.07) is 17.3. The molecule has 0 bridgehead atoms. The molecule has 1 aliphatic heterocycles. The van der Waals surface area contributed by atoms with Gasteiger partial charge in [-0.1, -0.05) is 35.9 Å². The average molecular weight is 495 g/mol. The maximum atomic E-state index is 13.3. The maximum absolute atomic E-state index is 13.3. The van der Waals surface area contributed by atoms with E-state index in [-0.39, 0.29) is 17.8 Å². The van der Waals surface area contributed by atoms with Crippen molar-refractivity contribution in [3.05, 3.63) is 76.9 Å². The number of amides is 2. The average Bonchev–Trinajstić information content (AvgIpc) is 3.35. The zero-order chi connectivity index (χ0) is 24.8. The summed E-state index contributed by atoms with van der Waals surface area (Å²) in [5.74, 6) is -0.553. The van der Waals surface area contributed by atoms with Crippen molar-refractivity contribution >= 4 is 35.1 Å². The number of halogens is 1. The number of H-pyrrole nitrogens is 1. The predicted molar refractivity (Wildman–Crippen MR) is 136 cm³/mol. The number of nitrogens with one attached hydrogen (secondary N) is 2. The van der Waals surface area contributed by atoms with Crippen LogP contribution in [0, 0.1) is 0 Å². The number of rotatable bonds is 7. The van der Waals surface area contributed by atoms with Gasteiger partial charge in [0.15, 0.2) is 5.96 Å². The van der Waals surface area contributed by atoms with Gasteiger partial charge in [0, 0.05) is 30.2 Å². The lowest BCUT2D eigenvalue weighted by Gasteiger charge is -2.30. The largest absolute Gasteiger partial charge is 0.378 e. The number of carbonyl (C=O) groups is 2. The maximum Gasteiger partial charge on any atom is 0.268 e. The molecule has 0 aliphatic carbocycles. The predicted octanol–water partition coefficient (Wildman–Crippen LogP) is 2.44. The van der Waals surface area contributed by atoms with Crippen LogP contribution < -0.4 is 16.8 Å². The number of ether oxygens (including phenoxy) is 1. The molecule has 3 aromatic rings. The van der Waals surface area contributed by atoms with E-state index in [1.54, 1.807) is 35.2 Å². The molecule has 2 amide bonds. The van der Waals surface area contributed by atoms with E-state index in [2.05, 4.69) is 15.3 Å². The standard InChI is InChI=1S/C25H27ClN6O3/c26-18-5-3-17(4-6-18)20-9-10-21(30-20)23(33)31-22(24(34)32-11-13-35-14-12-32)15-16-1-7-19(8-2-16)29-25(27)28/h1-10,22,30H,11-15H2,(H,31,33)(H4,27,28,29). The van der Waals surface area contributed by atoms with Crippen LogP contribution in [0.3, 0.4) is 0 Å². The third-order valence-corrected chi connectivity index (χ3v) is 5.90. The van der Waals surface area contributed by atoms with Crippen molar-refractivity contribution in [2.45, 2.75) is 12.5 Å². The van der Waals surface area contributed by atoms with E-state index >= 15 is 0 Å². The highest BCUT2D eigenvalue weighted by atomic mass is 35.5. The van der Waals surface area contributed by atoms with E-state index in [4.69, 9.17) is 27.8 Å². The van der Waals surface area contributed by atoms with Gasteiger partial charge in [-0.05, 0) is 47.5 Å². The summed E-state index contributed by atoms with van der Waals surface area (Å²) in [4.78, 5) is 35.3. The molecule has 4 rings (SSSR count). The molecule has 2 heterocycles. The zero-order valence-electron chi connectivity index (χ0n) is 19.0. The lowest BCUT2D eigenvalue weighted by molar-refractivity contribution is -0.137. The minimum Gasteiger partial charge on any atom is -0.378 e. The number of aromatic nitrogens is 1. The fourth-order valence-electron chi connectivity index (χ4n) is 3.86. The van der Waals surface area contributed by atoms with Gasteiger partial charge in [-0.25, -0.2) is 4.99 Å². The molecule has 182 valence electrons. The quantitative estimate of drug-likeness (QED) is 0.295. The first kappa shape index (κ1) is 24.3. The molecule has 0 radical (unpaired) electrons. The van der Waals surface area contributed by atoms with Crippen LogP contribution in [0.2, 0.25) is 5.02 Å². The lowest BCUT2D eigenvalue weighted by atomic mass is 10.0. The number of aromatic amines is 1. The molecule has 1 aromatic heterocycles. The Balaban J connectivity index is 1.51. The van der Waals surface area contributed by atoms with E-state index in [0.717, 1.165) is 16.8 Å². The van der Waals surface area contributed by atoms with Crippen LogP contribution >= 0.6 is 11.6 Å². The van der Waals surface area contributed by atoms with E-state index in [1.807, 2.05) is 30.3 Å². The van der Waals surface area contributed by atoms with Gasteiger partial charge >= 0.3 is 0 Å². The van der Waals surface area contributed by atoms with Gasteiger partial charge in [-0.15, -0.1) is 0 Å². The first-order chi connectivity index (χ1) is 16.9. The molecular weight excluding hydrogens is 468 g/mol. The number of guanidine groups is 1. The number of hydrogen-bond acceptors (Lipinski definition) is 4. The summed E-state index contributed by atoms with van der Waals surface area (Å²) in [5.41, 5.74) is 14.4. The van der Waals surface area contributed by atoms with E-state index in [9.17, 15) is 9.59 Å². The van der Waals surface area contributed by atoms with Crippen molar-refractivity contribution in [3.8, 4) is 11.3 Å². The molecule has 1 aliphatic rings. The Hall–Kier alpha value is -3.82. The van der Waals surface area contributed by atoms with Crippen LogP contribution in [0.1, 0.15) is 16.1 Å². The third kappa shape index (κ3) is 6.40. The Bertz CT molecular complexity index is 1200. The highest BCUT2D eigenvalue weighted by Gasteiger charge is 2.28. The number of nitrogens with two attached hydrogens (primary N) is 2. The Labute approximate surface area is 208 Å². The SMILES string of the molecule is NC(N)=Nc1ccc(CC(NC(=O)c2ccc(-c3ccc(Cl)cc3)[nH]2)C(=O)N2CCOCC2)cc1. The third-order valence-electron chi connectivity index (χ3n) is 5.65. The van der Waals surface area contributed by atoms with Gasteiger partial charge < -0.3 is 31.4 Å². The van der Waals surface area contributed by atoms with Crippen molar-refractivity contribution in [1.82, 2.24) is 15.2 Å². The molecule has 1 fully saturated rings. The summed E-state index contributed by atoms with van der Waals surface area (Å²) < 4.78 is 5.37. The van der Waals surface area contributed by atoms with Crippen LogP contribution in [-0.4, -0.2) is 60.0 Å². The van der Waals surface area contributed by atoms with Crippen molar-refractivity contribution in [1.29, 1.82) is 0 Å². The molecule has 0 spiro atoms.